The lowest BCUT2D eigenvalue weighted by molar-refractivity contribution is -0.137. The van der Waals surface area contributed by atoms with E-state index in [2.05, 4.69) is 30.9 Å². The summed E-state index contributed by atoms with van der Waals surface area (Å²) in [5.74, 6) is -1.87. The van der Waals surface area contributed by atoms with Gasteiger partial charge in [0.05, 0.1) is 40.4 Å². The largest absolute Gasteiger partial charge is 0.418 e. The minimum atomic E-state index is -4.68. The normalized spacial score (nSPS) is 15.1. The zero-order chi connectivity index (χ0) is 26.1. The van der Waals surface area contributed by atoms with Crippen LogP contribution in [0.2, 0.25) is 5.02 Å². The summed E-state index contributed by atoms with van der Waals surface area (Å²) in [6.45, 7) is 1.50. The van der Waals surface area contributed by atoms with Crippen LogP contribution in [0.3, 0.4) is 0 Å². The Morgan fingerprint density at radius 1 is 1.11 bits per heavy atom. The van der Waals surface area contributed by atoms with Gasteiger partial charge in [-0.05, 0) is 38.0 Å². The number of nitrogens with zero attached hydrogens (tertiary/aromatic N) is 3. The second-order valence-electron chi connectivity index (χ2n) is 8.26. The maximum atomic E-state index is 14.8. The number of hydrogen-bond donors (Lipinski definition) is 3. The quantitative estimate of drug-likeness (QED) is 0.392. The highest BCUT2D eigenvalue weighted by molar-refractivity contribution is 6.30. The zero-order valence-corrected chi connectivity index (χ0v) is 19.4. The van der Waals surface area contributed by atoms with E-state index in [1.807, 2.05) is 0 Å². The average molecular weight is 523 g/mol. The molecule has 0 spiro atoms. The number of aromatic nitrogens is 3. The van der Waals surface area contributed by atoms with Crippen molar-refractivity contribution >= 4 is 34.8 Å². The molecule has 3 N–H and O–H groups in total. The Morgan fingerprint density at radius 2 is 1.81 bits per heavy atom. The van der Waals surface area contributed by atoms with Crippen LogP contribution >= 0.6 is 11.6 Å². The van der Waals surface area contributed by atoms with Crippen molar-refractivity contribution in [1.82, 2.24) is 25.6 Å². The molecule has 0 radical (unpaired) electrons. The first-order valence-electron chi connectivity index (χ1n) is 10.7. The van der Waals surface area contributed by atoms with E-state index < -0.39 is 41.0 Å². The van der Waals surface area contributed by atoms with Gasteiger partial charge in [-0.15, -0.1) is 0 Å². The van der Waals surface area contributed by atoms with E-state index in [1.54, 1.807) is 0 Å². The Labute approximate surface area is 207 Å². The fourth-order valence-corrected chi connectivity index (χ4v) is 3.67. The van der Waals surface area contributed by atoms with Crippen LogP contribution in [0.4, 0.5) is 28.9 Å². The van der Waals surface area contributed by atoms with E-state index in [-0.39, 0.29) is 27.7 Å². The maximum Gasteiger partial charge on any atom is 0.418 e. The molecule has 8 nitrogen and oxygen atoms in total. The predicted octanol–water partition coefficient (Wildman–Crippen LogP) is 4.57. The summed E-state index contributed by atoms with van der Waals surface area (Å²) in [7, 11) is 0. The number of nitrogens with one attached hydrogen (secondary N) is 3. The van der Waals surface area contributed by atoms with Crippen LogP contribution in [0.5, 0.6) is 0 Å². The number of alkyl halides is 3. The molecular formula is C23H19ClF4N6O2. The van der Waals surface area contributed by atoms with Crippen LogP contribution in [-0.4, -0.2) is 32.3 Å². The predicted molar refractivity (Wildman–Crippen MR) is 122 cm³/mol. The first-order chi connectivity index (χ1) is 17.0. The highest BCUT2D eigenvalue weighted by atomic mass is 35.5. The van der Waals surface area contributed by atoms with Crippen molar-refractivity contribution in [3.05, 3.63) is 76.8 Å². The van der Waals surface area contributed by atoms with Gasteiger partial charge in [0, 0.05) is 23.5 Å². The third-order valence-corrected chi connectivity index (χ3v) is 5.79. The lowest BCUT2D eigenvalue weighted by atomic mass is 10.1. The molecule has 0 saturated heterocycles. The number of pyridine rings is 1. The lowest BCUT2D eigenvalue weighted by Crippen LogP contribution is -2.49. The second-order valence-corrected chi connectivity index (χ2v) is 8.70. The summed E-state index contributed by atoms with van der Waals surface area (Å²) in [6, 6.07) is 3.25. The fraction of sp³-hybridized carbons (Fsp3) is 0.261. The molecule has 1 aliphatic rings. The molecule has 4 rings (SSSR count). The van der Waals surface area contributed by atoms with Gasteiger partial charge in [-0.1, -0.05) is 11.6 Å². The molecular weight excluding hydrogens is 504 g/mol. The first-order valence-corrected chi connectivity index (χ1v) is 11.0. The summed E-state index contributed by atoms with van der Waals surface area (Å²) in [5, 5.41) is 7.69. The molecule has 0 aliphatic heterocycles. The molecule has 1 aromatic carbocycles. The third kappa shape index (κ3) is 5.54. The van der Waals surface area contributed by atoms with Crippen LogP contribution in [0.25, 0.3) is 0 Å². The number of rotatable bonds is 7. The summed E-state index contributed by atoms with van der Waals surface area (Å²) < 4.78 is 54.8. The van der Waals surface area contributed by atoms with E-state index in [1.165, 1.54) is 31.7 Å². The van der Waals surface area contributed by atoms with Crippen molar-refractivity contribution in [2.45, 2.75) is 37.5 Å². The number of hydrogen-bond acceptors (Lipinski definition) is 6. The Bertz CT molecular complexity index is 1300. The van der Waals surface area contributed by atoms with Gasteiger partial charge in [0.15, 0.2) is 0 Å². The summed E-state index contributed by atoms with van der Waals surface area (Å²) in [5.41, 5.74) is -2.44. The Morgan fingerprint density at radius 3 is 2.42 bits per heavy atom. The van der Waals surface area contributed by atoms with Crippen molar-refractivity contribution in [3.63, 3.8) is 0 Å². The van der Waals surface area contributed by atoms with Crippen LogP contribution < -0.4 is 16.0 Å². The average Bonchev–Trinajstić information content (AvgIpc) is 3.61. The van der Waals surface area contributed by atoms with E-state index in [9.17, 15) is 27.2 Å². The standard InChI is InChI=1S/C23H19ClF4N6O2/c1-12(32-21(36)22(4-5-22)34-20(35)13-8-29-11-30-9-13)19-17(25)7-15(10-31-19)33-18-3-2-14(24)6-16(18)23(26,27)28/h2-3,6-12,33H,4-5H2,1H3,(H,32,36)(H,34,35)/t12-/m1/s1. The minimum Gasteiger partial charge on any atom is -0.354 e. The maximum absolute atomic E-state index is 14.8. The molecule has 36 heavy (non-hydrogen) atoms. The molecule has 1 aliphatic carbocycles. The van der Waals surface area contributed by atoms with Gasteiger partial charge < -0.3 is 16.0 Å². The zero-order valence-electron chi connectivity index (χ0n) is 18.7. The number of carbonyl (C=O) groups is 2. The highest BCUT2D eigenvalue weighted by Gasteiger charge is 2.51. The van der Waals surface area contributed by atoms with E-state index in [0.717, 1.165) is 24.4 Å². The molecule has 1 atom stereocenters. The number of anilines is 2. The van der Waals surface area contributed by atoms with Gasteiger partial charge in [-0.2, -0.15) is 13.2 Å². The van der Waals surface area contributed by atoms with E-state index in [0.29, 0.717) is 12.8 Å². The molecule has 1 saturated carbocycles. The van der Waals surface area contributed by atoms with Crippen LogP contribution in [0.15, 0.2) is 49.2 Å². The number of halogens is 5. The summed E-state index contributed by atoms with van der Waals surface area (Å²) in [6.07, 6.45) is 1.16. The van der Waals surface area contributed by atoms with Crippen molar-refractivity contribution in [2.24, 2.45) is 0 Å². The smallest absolute Gasteiger partial charge is 0.354 e. The molecule has 0 bridgehead atoms. The third-order valence-electron chi connectivity index (χ3n) is 5.55. The SMILES string of the molecule is C[C@@H](NC(=O)C1(NC(=O)c2cncnc2)CC1)c1ncc(Nc2ccc(Cl)cc2C(F)(F)F)cc1F. The minimum absolute atomic E-state index is 0.0291. The monoisotopic (exact) mass is 522 g/mol. The van der Waals surface area contributed by atoms with Gasteiger partial charge in [0.1, 0.15) is 17.7 Å². The molecule has 188 valence electrons. The lowest BCUT2D eigenvalue weighted by Gasteiger charge is -2.21. The van der Waals surface area contributed by atoms with Crippen molar-refractivity contribution in [2.75, 3.05) is 5.32 Å². The van der Waals surface area contributed by atoms with Crippen LogP contribution in [0, 0.1) is 5.82 Å². The van der Waals surface area contributed by atoms with Crippen LogP contribution in [0.1, 0.15) is 47.4 Å². The number of amides is 2. The molecule has 13 heteroatoms. The van der Waals surface area contributed by atoms with Gasteiger partial charge in [0.25, 0.3) is 5.91 Å². The molecule has 3 aromatic rings. The van der Waals surface area contributed by atoms with Crippen LogP contribution in [-0.2, 0) is 11.0 Å². The van der Waals surface area contributed by atoms with Crippen molar-refractivity contribution in [1.29, 1.82) is 0 Å². The Balaban J connectivity index is 1.44. The van der Waals surface area contributed by atoms with Crippen molar-refractivity contribution < 1.29 is 27.2 Å². The molecule has 0 unspecified atom stereocenters. The van der Waals surface area contributed by atoms with Crippen molar-refractivity contribution in [3.8, 4) is 0 Å². The van der Waals surface area contributed by atoms with Gasteiger partial charge in [0.2, 0.25) is 5.91 Å². The van der Waals surface area contributed by atoms with Gasteiger partial charge in [-0.3, -0.25) is 14.6 Å². The first kappa shape index (κ1) is 25.3. The second kappa shape index (κ2) is 9.69. The van der Waals surface area contributed by atoms with Gasteiger partial charge in [-0.25, -0.2) is 14.4 Å². The number of benzene rings is 1. The highest BCUT2D eigenvalue weighted by Crippen LogP contribution is 2.38. The van der Waals surface area contributed by atoms with E-state index in [4.69, 9.17) is 11.6 Å². The Hall–Kier alpha value is -3.80. The van der Waals surface area contributed by atoms with E-state index >= 15 is 0 Å². The molecule has 2 heterocycles. The summed E-state index contributed by atoms with van der Waals surface area (Å²) >= 11 is 5.68. The Kier molecular flexibility index (Phi) is 6.81. The van der Waals surface area contributed by atoms with Gasteiger partial charge >= 0.3 is 6.18 Å². The fourth-order valence-electron chi connectivity index (χ4n) is 3.49. The summed E-state index contributed by atoms with van der Waals surface area (Å²) in [4.78, 5) is 36.7. The topological polar surface area (TPSA) is 109 Å². The molecule has 2 amide bonds. The molecule has 1 fully saturated rings. The molecule has 2 aromatic heterocycles. The number of carbonyl (C=O) groups excluding carboxylic acids is 2.